The minimum absolute atomic E-state index is 0.0165. The van der Waals surface area contributed by atoms with E-state index >= 15 is 0 Å². The zero-order valence-electron chi connectivity index (χ0n) is 17.9. The molecular formula is C25H30BrN3O2. The van der Waals surface area contributed by atoms with Gasteiger partial charge in [0.25, 0.3) is 5.91 Å². The molecule has 3 aliphatic rings. The Morgan fingerprint density at radius 3 is 2.84 bits per heavy atom. The van der Waals surface area contributed by atoms with Crippen molar-refractivity contribution in [2.24, 2.45) is 0 Å². The molecule has 164 valence electrons. The van der Waals surface area contributed by atoms with Crippen LogP contribution >= 0.6 is 15.9 Å². The van der Waals surface area contributed by atoms with Gasteiger partial charge in [0, 0.05) is 40.2 Å². The van der Waals surface area contributed by atoms with E-state index in [1.54, 1.807) is 0 Å². The van der Waals surface area contributed by atoms with E-state index in [4.69, 9.17) is 4.74 Å². The van der Waals surface area contributed by atoms with E-state index in [-0.39, 0.29) is 5.91 Å². The van der Waals surface area contributed by atoms with Crippen molar-refractivity contribution in [3.05, 3.63) is 50.8 Å². The van der Waals surface area contributed by atoms with Gasteiger partial charge in [-0.2, -0.15) is 0 Å². The molecule has 2 aromatic rings. The first-order valence-electron chi connectivity index (χ1n) is 11.5. The Kier molecular flexibility index (Phi) is 6.30. The number of hydrogen-bond donors (Lipinski definition) is 2. The first-order chi connectivity index (χ1) is 15.2. The van der Waals surface area contributed by atoms with Crippen LogP contribution in [0.25, 0.3) is 11.6 Å². The van der Waals surface area contributed by atoms with E-state index in [0.29, 0.717) is 0 Å². The summed E-state index contributed by atoms with van der Waals surface area (Å²) in [6, 6.07) is 5.96. The summed E-state index contributed by atoms with van der Waals surface area (Å²) in [6.45, 7) is 4.87. The Hall–Kier alpha value is -1.89. The van der Waals surface area contributed by atoms with Gasteiger partial charge in [0.2, 0.25) is 0 Å². The number of aromatic amines is 1. The second-order valence-corrected chi connectivity index (χ2v) is 9.71. The van der Waals surface area contributed by atoms with E-state index in [0.717, 1.165) is 85.5 Å². The van der Waals surface area contributed by atoms with Crippen molar-refractivity contribution in [3.8, 4) is 0 Å². The molecular weight excluding hydrogens is 454 g/mol. The fraction of sp³-hybridized carbons (Fsp3) is 0.480. The predicted octanol–water partition coefficient (Wildman–Crippen LogP) is 4.80. The quantitative estimate of drug-likeness (QED) is 0.474. The van der Waals surface area contributed by atoms with Crippen molar-refractivity contribution in [1.29, 1.82) is 0 Å². The Morgan fingerprint density at radius 1 is 1.13 bits per heavy atom. The molecule has 0 radical (unpaired) electrons. The molecule has 0 bridgehead atoms. The van der Waals surface area contributed by atoms with Crippen LogP contribution in [0, 0.1) is 0 Å². The van der Waals surface area contributed by atoms with Gasteiger partial charge in [0.1, 0.15) is 0 Å². The monoisotopic (exact) mass is 483 g/mol. The molecule has 1 fully saturated rings. The molecule has 6 heteroatoms. The average molecular weight is 484 g/mol. The highest BCUT2D eigenvalue weighted by Gasteiger charge is 2.26. The Bertz CT molecular complexity index is 1000. The minimum atomic E-state index is -0.0165. The van der Waals surface area contributed by atoms with Crippen LogP contribution in [-0.2, 0) is 28.8 Å². The number of halogens is 1. The van der Waals surface area contributed by atoms with Gasteiger partial charge in [-0.3, -0.25) is 9.69 Å². The number of ether oxygens (including phenoxy) is 1. The van der Waals surface area contributed by atoms with Crippen LogP contribution in [-0.4, -0.2) is 48.6 Å². The maximum absolute atomic E-state index is 12.7. The number of H-pyrrole nitrogens is 1. The van der Waals surface area contributed by atoms with Gasteiger partial charge in [-0.1, -0.05) is 22.4 Å². The maximum atomic E-state index is 12.7. The highest BCUT2D eigenvalue weighted by molar-refractivity contribution is 9.10. The fourth-order valence-electron chi connectivity index (χ4n) is 5.11. The third-order valence-electron chi connectivity index (χ3n) is 6.75. The summed E-state index contributed by atoms with van der Waals surface area (Å²) >= 11 is 3.55. The minimum Gasteiger partial charge on any atom is -0.379 e. The molecule has 1 amide bonds. The second kappa shape index (κ2) is 9.31. The summed E-state index contributed by atoms with van der Waals surface area (Å²) in [5.74, 6) is -0.0165. The van der Waals surface area contributed by atoms with Crippen molar-refractivity contribution in [2.75, 3.05) is 38.2 Å². The highest BCUT2D eigenvalue weighted by atomic mass is 79.9. The largest absolute Gasteiger partial charge is 0.379 e. The molecule has 0 saturated carbocycles. The van der Waals surface area contributed by atoms with Gasteiger partial charge in [0.05, 0.1) is 18.8 Å². The highest BCUT2D eigenvalue weighted by Crippen LogP contribution is 2.36. The summed E-state index contributed by atoms with van der Waals surface area (Å²) in [5.41, 5.74) is 8.07. The average Bonchev–Trinajstić information content (AvgIpc) is 3.14. The number of benzene rings is 1. The first kappa shape index (κ1) is 21.0. The Balaban J connectivity index is 1.45. The molecule has 0 atom stereocenters. The standard InChI is InChI=1S/C25H30BrN3O2/c26-17-8-9-23-20(15-17)21(25(30)28-23)16-24-19(6-4-10-29-11-13-31-14-12-29)18-5-2-1-3-7-22(18)27-24/h8-9,15-16,27H,1-7,10-14H2,(H,28,30). The number of nitrogens with zero attached hydrogens (tertiary/aromatic N) is 1. The predicted molar refractivity (Wildman–Crippen MR) is 128 cm³/mol. The number of fused-ring (bicyclic) bond motifs is 2. The molecule has 3 heterocycles. The Morgan fingerprint density at radius 2 is 1.97 bits per heavy atom. The van der Waals surface area contributed by atoms with Gasteiger partial charge in [-0.25, -0.2) is 0 Å². The van der Waals surface area contributed by atoms with E-state index in [2.05, 4.69) is 37.2 Å². The molecule has 2 N–H and O–H groups in total. The lowest BCUT2D eigenvalue weighted by molar-refractivity contribution is -0.110. The first-order valence-corrected chi connectivity index (χ1v) is 12.3. The second-order valence-electron chi connectivity index (χ2n) is 8.79. The van der Waals surface area contributed by atoms with Crippen LogP contribution in [0.5, 0.6) is 0 Å². The normalized spacial score (nSPS) is 20.4. The lowest BCUT2D eigenvalue weighted by Crippen LogP contribution is -2.37. The lowest BCUT2D eigenvalue weighted by atomic mass is 9.98. The van der Waals surface area contributed by atoms with Gasteiger partial charge >= 0.3 is 0 Å². The molecule has 1 aromatic heterocycles. The molecule has 0 spiro atoms. The summed E-state index contributed by atoms with van der Waals surface area (Å²) in [6.07, 6.45) is 10.3. The summed E-state index contributed by atoms with van der Waals surface area (Å²) in [4.78, 5) is 19.0. The third-order valence-corrected chi connectivity index (χ3v) is 7.24. The van der Waals surface area contributed by atoms with Crippen LogP contribution in [0.2, 0.25) is 0 Å². The molecule has 5 rings (SSSR count). The molecule has 1 aromatic carbocycles. The van der Waals surface area contributed by atoms with Crippen molar-refractivity contribution >= 4 is 39.2 Å². The zero-order chi connectivity index (χ0) is 21.2. The van der Waals surface area contributed by atoms with Crippen LogP contribution in [0.3, 0.4) is 0 Å². The molecule has 31 heavy (non-hydrogen) atoms. The molecule has 2 aliphatic heterocycles. The van der Waals surface area contributed by atoms with E-state index in [1.807, 2.05) is 18.2 Å². The van der Waals surface area contributed by atoms with Crippen LogP contribution in [0.15, 0.2) is 22.7 Å². The van der Waals surface area contributed by atoms with Gasteiger partial charge in [-0.15, -0.1) is 0 Å². The SMILES string of the molecule is O=C1Nc2ccc(Br)cc2C1=Cc1[nH]c2c(c1CCCN1CCOCC1)CCCCC2. The van der Waals surface area contributed by atoms with Crippen LogP contribution in [0.1, 0.15) is 53.8 Å². The number of nitrogens with one attached hydrogen (secondary N) is 2. The fourth-order valence-corrected chi connectivity index (χ4v) is 5.48. The number of anilines is 1. The van der Waals surface area contributed by atoms with Gasteiger partial charge in [-0.05, 0) is 80.5 Å². The molecule has 1 aliphatic carbocycles. The summed E-state index contributed by atoms with van der Waals surface area (Å²) < 4.78 is 6.47. The number of hydrogen-bond acceptors (Lipinski definition) is 3. The number of morpholine rings is 1. The number of aromatic nitrogens is 1. The van der Waals surface area contributed by atoms with Crippen LogP contribution in [0.4, 0.5) is 5.69 Å². The van der Waals surface area contributed by atoms with E-state index < -0.39 is 0 Å². The van der Waals surface area contributed by atoms with Crippen molar-refractivity contribution < 1.29 is 9.53 Å². The smallest absolute Gasteiger partial charge is 0.256 e. The summed E-state index contributed by atoms with van der Waals surface area (Å²) in [7, 11) is 0. The van der Waals surface area contributed by atoms with Gasteiger partial charge < -0.3 is 15.0 Å². The lowest BCUT2D eigenvalue weighted by Gasteiger charge is -2.26. The van der Waals surface area contributed by atoms with Gasteiger partial charge in [0.15, 0.2) is 0 Å². The zero-order valence-corrected chi connectivity index (χ0v) is 19.5. The Labute approximate surface area is 192 Å². The number of amides is 1. The van der Waals surface area contributed by atoms with E-state index in [1.165, 1.54) is 36.1 Å². The van der Waals surface area contributed by atoms with Crippen molar-refractivity contribution in [2.45, 2.75) is 44.9 Å². The number of aryl methyl sites for hydroxylation is 1. The third kappa shape index (κ3) is 4.52. The topological polar surface area (TPSA) is 57.4 Å². The van der Waals surface area contributed by atoms with Crippen LogP contribution < -0.4 is 5.32 Å². The van der Waals surface area contributed by atoms with Crippen molar-refractivity contribution in [1.82, 2.24) is 9.88 Å². The molecule has 5 nitrogen and oxygen atoms in total. The summed E-state index contributed by atoms with van der Waals surface area (Å²) in [5, 5.41) is 3.01. The number of rotatable bonds is 5. The molecule has 1 saturated heterocycles. The van der Waals surface area contributed by atoms with Crippen molar-refractivity contribution in [3.63, 3.8) is 0 Å². The number of carbonyl (C=O) groups excluding carboxylic acids is 1. The van der Waals surface area contributed by atoms with E-state index in [9.17, 15) is 4.79 Å². The maximum Gasteiger partial charge on any atom is 0.256 e. The molecule has 0 unspecified atom stereocenters. The number of carbonyl (C=O) groups is 1.